The third-order valence-corrected chi connectivity index (χ3v) is 6.79. The van der Waals surface area contributed by atoms with E-state index in [1.54, 1.807) is 25.1 Å². The maximum absolute atomic E-state index is 13.2. The highest BCUT2D eigenvalue weighted by atomic mass is 19.4. The molecule has 212 valence electrons. The van der Waals surface area contributed by atoms with Gasteiger partial charge in [-0.1, -0.05) is 36.4 Å². The van der Waals surface area contributed by atoms with Crippen molar-refractivity contribution in [1.29, 1.82) is 0 Å². The number of carboxylic acid groups (broad SMARTS) is 1. The van der Waals surface area contributed by atoms with Crippen LogP contribution in [0.15, 0.2) is 72.8 Å². The van der Waals surface area contributed by atoms with Crippen LogP contribution in [0.2, 0.25) is 0 Å². The van der Waals surface area contributed by atoms with E-state index in [0.717, 1.165) is 61.3 Å². The number of alkyl halides is 3. The zero-order chi connectivity index (χ0) is 28.7. The fourth-order valence-corrected chi connectivity index (χ4v) is 4.60. The molecular weight excluding hydrogens is 523 g/mol. The third-order valence-electron chi connectivity index (χ3n) is 6.79. The van der Waals surface area contributed by atoms with Gasteiger partial charge in [0.25, 0.3) is 0 Å². The number of ether oxygens (including phenoxy) is 2. The number of aliphatic hydroxyl groups excluding tert-OH is 1. The molecule has 0 aliphatic carbocycles. The zero-order valence-corrected chi connectivity index (χ0v) is 22.2. The summed E-state index contributed by atoms with van der Waals surface area (Å²) in [5, 5.41) is 18.5. The molecule has 9 heteroatoms. The first-order chi connectivity index (χ1) is 19.1. The third kappa shape index (κ3) is 8.09. The molecule has 3 aromatic carbocycles. The highest BCUT2D eigenvalue weighted by molar-refractivity contribution is 5.80. The average molecular weight is 556 g/mol. The van der Waals surface area contributed by atoms with E-state index in [0.29, 0.717) is 22.6 Å². The van der Waals surface area contributed by atoms with Gasteiger partial charge in [0.2, 0.25) is 0 Å². The Morgan fingerprint density at radius 2 is 1.60 bits per heavy atom. The van der Waals surface area contributed by atoms with E-state index in [-0.39, 0.29) is 12.7 Å². The Balaban J connectivity index is 1.52. The van der Waals surface area contributed by atoms with Crippen LogP contribution in [0, 0.1) is 6.92 Å². The first kappa shape index (κ1) is 29.2. The van der Waals surface area contributed by atoms with Crippen molar-refractivity contribution in [1.82, 2.24) is 4.90 Å². The minimum atomic E-state index is -4.42. The molecule has 1 aliphatic heterocycles. The molecule has 3 aromatic rings. The van der Waals surface area contributed by atoms with Crippen LogP contribution >= 0.6 is 0 Å². The number of carbonyl (C=O) groups is 1. The Hall–Kier alpha value is -3.82. The van der Waals surface area contributed by atoms with E-state index in [1.165, 1.54) is 12.1 Å². The predicted octanol–water partition coefficient (Wildman–Crippen LogP) is 5.94. The molecule has 0 aromatic heterocycles. The predicted molar refractivity (Wildman–Crippen MR) is 145 cm³/mol. The van der Waals surface area contributed by atoms with Crippen molar-refractivity contribution in [2.75, 3.05) is 26.3 Å². The second-order valence-corrected chi connectivity index (χ2v) is 9.82. The van der Waals surface area contributed by atoms with Crippen molar-refractivity contribution in [2.24, 2.45) is 0 Å². The summed E-state index contributed by atoms with van der Waals surface area (Å²) in [6.45, 7) is 3.93. The van der Waals surface area contributed by atoms with Gasteiger partial charge in [-0.2, -0.15) is 13.2 Å². The summed E-state index contributed by atoms with van der Waals surface area (Å²) in [6.07, 6.45) is -1.30. The second kappa shape index (κ2) is 13.0. The topological polar surface area (TPSA) is 79.2 Å². The molecule has 1 heterocycles. The van der Waals surface area contributed by atoms with Gasteiger partial charge in [0.15, 0.2) is 6.61 Å². The molecule has 0 radical (unpaired) electrons. The first-order valence-corrected chi connectivity index (χ1v) is 13.0. The quantitative estimate of drug-likeness (QED) is 0.322. The number of likely N-dealkylation sites (tertiary alicyclic amines) is 1. The standard InChI is InChI=1S/C31H32F3NO5/c1-21-18-27(10-11-29(21)40-20-30(37)38)39-17-14-28(24-6-8-25(9-7-24)31(32,33)34)23-4-2-22(3-5-23)19-35-15-12-26(36)13-16-35/h2-11,14,18,26,36H,12-13,15-17,19-20H2,1H3,(H,37,38)/b28-14+. The van der Waals surface area contributed by atoms with Crippen molar-refractivity contribution in [3.8, 4) is 11.5 Å². The van der Waals surface area contributed by atoms with Crippen LogP contribution in [0.4, 0.5) is 13.2 Å². The van der Waals surface area contributed by atoms with Crippen LogP contribution in [-0.4, -0.2) is 53.5 Å². The molecule has 4 rings (SSSR count). The number of nitrogens with zero attached hydrogens (tertiary/aromatic N) is 1. The molecule has 0 spiro atoms. The molecule has 0 unspecified atom stereocenters. The number of aliphatic hydroxyl groups is 1. The van der Waals surface area contributed by atoms with Crippen molar-refractivity contribution >= 4 is 11.5 Å². The molecule has 40 heavy (non-hydrogen) atoms. The molecule has 2 N–H and O–H groups in total. The molecular formula is C31H32F3NO5. The lowest BCUT2D eigenvalue weighted by Gasteiger charge is -2.29. The Bertz CT molecular complexity index is 1310. The molecule has 1 saturated heterocycles. The minimum Gasteiger partial charge on any atom is -0.489 e. The molecule has 1 fully saturated rings. The van der Waals surface area contributed by atoms with Gasteiger partial charge >= 0.3 is 12.1 Å². The van der Waals surface area contributed by atoms with Crippen molar-refractivity contribution in [2.45, 2.75) is 38.6 Å². The lowest BCUT2D eigenvalue weighted by Crippen LogP contribution is -2.35. The van der Waals surface area contributed by atoms with Crippen LogP contribution < -0.4 is 9.47 Å². The fraction of sp³-hybridized carbons (Fsp3) is 0.323. The van der Waals surface area contributed by atoms with Gasteiger partial charge in [-0.25, -0.2) is 4.79 Å². The fourth-order valence-electron chi connectivity index (χ4n) is 4.60. The molecule has 0 atom stereocenters. The summed E-state index contributed by atoms with van der Waals surface area (Å²) in [5.74, 6) is -0.0817. The van der Waals surface area contributed by atoms with E-state index in [9.17, 15) is 23.1 Å². The summed E-state index contributed by atoms with van der Waals surface area (Å²) >= 11 is 0. The average Bonchev–Trinajstić information content (AvgIpc) is 2.92. The van der Waals surface area contributed by atoms with E-state index >= 15 is 0 Å². The zero-order valence-electron chi connectivity index (χ0n) is 22.2. The van der Waals surface area contributed by atoms with Gasteiger partial charge in [0.05, 0.1) is 11.7 Å². The van der Waals surface area contributed by atoms with Gasteiger partial charge in [-0.15, -0.1) is 0 Å². The number of halogens is 3. The SMILES string of the molecule is Cc1cc(OC/C=C(\c2ccc(CN3CCC(O)CC3)cc2)c2ccc(C(F)(F)F)cc2)ccc1OCC(=O)O. The van der Waals surface area contributed by atoms with Gasteiger partial charge in [0, 0.05) is 19.6 Å². The highest BCUT2D eigenvalue weighted by Gasteiger charge is 2.30. The van der Waals surface area contributed by atoms with E-state index in [4.69, 9.17) is 14.6 Å². The molecule has 1 aliphatic rings. The minimum absolute atomic E-state index is 0.156. The summed E-state index contributed by atoms with van der Waals surface area (Å²) < 4.78 is 50.6. The maximum atomic E-state index is 13.2. The number of aryl methyl sites for hydroxylation is 1. The molecule has 0 amide bonds. The molecule has 0 saturated carbocycles. The number of piperidine rings is 1. The Morgan fingerprint density at radius 3 is 2.17 bits per heavy atom. The van der Waals surface area contributed by atoms with E-state index < -0.39 is 24.3 Å². The lowest BCUT2D eigenvalue weighted by atomic mass is 9.95. The highest BCUT2D eigenvalue weighted by Crippen LogP contribution is 2.32. The van der Waals surface area contributed by atoms with Crippen molar-refractivity contribution < 1.29 is 37.7 Å². The summed E-state index contributed by atoms with van der Waals surface area (Å²) in [4.78, 5) is 13.0. The monoisotopic (exact) mass is 555 g/mol. The summed E-state index contributed by atoms with van der Waals surface area (Å²) in [6, 6.07) is 18.0. The van der Waals surface area contributed by atoms with E-state index in [2.05, 4.69) is 4.90 Å². The smallest absolute Gasteiger partial charge is 0.416 e. The Labute approximate surface area is 231 Å². The van der Waals surface area contributed by atoms with Gasteiger partial charge in [-0.05, 0) is 84.0 Å². The van der Waals surface area contributed by atoms with Gasteiger partial charge in [-0.3, -0.25) is 4.90 Å². The van der Waals surface area contributed by atoms with E-state index in [1.807, 2.05) is 30.3 Å². The first-order valence-electron chi connectivity index (χ1n) is 13.0. The van der Waals surface area contributed by atoms with Crippen LogP contribution in [0.1, 0.15) is 40.7 Å². The van der Waals surface area contributed by atoms with Crippen LogP contribution in [0.3, 0.4) is 0 Å². The van der Waals surface area contributed by atoms with Crippen LogP contribution in [0.5, 0.6) is 11.5 Å². The Kier molecular flexibility index (Phi) is 9.50. The molecule has 6 nitrogen and oxygen atoms in total. The number of aliphatic carboxylic acids is 1. The number of hydrogen-bond acceptors (Lipinski definition) is 5. The summed E-state index contributed by atoms with van der Waals surface area (Å²) in [5.41, 5.74) is 3.32. The maximum Gasteiger partial charge on any atom is 0.416 e. The van der Waals surface area contributed by atoms with Crippen molar-refractivity contribution in [3.05, 3.63) is 101 Å². The van der Waals surface area contributed by atoms with Gasteiger partial charge < -0.3 is 19.7 Å². The summed E-state index contributed by atoms with van der Waals surface area (Å²) in [7, 11) is 0. The van der Waals surface area contributed by atoms with Crippen LogP contribution in [0.25, 0.3) is 5.57 Å². The Morgan fingerprint density at radius 1 is 0.975 bits per heavy atom. The van der Waals surface area contributed by atoms with Gasteiger partial charge in [0.1, 0.15) is 18.1 Å². The van der Waals surface area contributed by atoms with Crippen LogP contribution in [-0.2, 0) is 17.5 Å². The second-order valence-electron chi connectivity index (χ2n) is 9.82. The normalized spacial score (nSPS) is 15.2. The number of benzene rings is 3. The number of hydrogen-bond donors (Lipinski definition) is 2. The van der Waals surface area contributed by atoms with Crippen molar-refractivity contribution in [3.63, 3.8) is 0 Å². The number of carboxylic acids is 1. The number of rotatable bonds is 10. The lowest BCUT2D eigenvalue weighted by molar-refractivity contribution is -0.139. The largest absolute Gasteiger partial charge is 0.489 e. The molecule has 0 bridgehead atoms.